The van der Waals surface area contributed by atoms with E-state index in [4.69, 9.17) is 4.74 Å². The molecule has 180 valence electrons. The molecule has 6 nitrogen and oxygen atoms in total. The monoisotopic (exact) mass is 476 g/mol. The first-order valence-electron chi connectivity index (χ1n) is 12.7. The van der Waals surface area contributed by atoms with Gasteiger partial charge >= 0.3 is 0 Å². The molecule has 1 aromatic heterocycles. The predicted molar refractivity (Wildman–Crippen MR) is 142 cm³/mol. The zero-order chi connectivity index (χ0) is 24.1. The molecule has 1 amide bonds. The Hall–Kier alpha value is -3.74. The molecule has 0 unspecified atom stereocenters. The summed E-state index contributed by atoms with van der Waals surface area (Å²) >= 11 is 0. The van der Waals surface area contributed by atoms with Crippen LogP contribution >= 0.6 is 0 Å². The molecule has 0 bridgehead atoms. The number of morpholine rings is 1. The summed E-state index contributed by atoms with van der Waals surface area (Å²) in [5.41, 5.74) is 7.25. The van der Waals surface area contributed by atoms with Gasteiger partial charge in [-0.25, -0.2) is 0 Å². The van der Waals surface area contributed by atoms with Gasteiger partial charge in [-0.2, -0.15) is 5.10 Å². The van der Waals surface area contributed by atoms with Crippen LogP contribution in [0.15, 0.2) is 66.7 Å². The van der Waals surface area contributed by atoms with Crippen LogP contribution in [-0.4, -0.2) is 47.3 Å². The first-order valence-corrected chi connectivity index (χ1v) is 12.7. The van der Waals surface area contributed by atoms with E-state index in [0.717, 1.165) is 72.7 Å². The summed E-state index contributed by atoms with van der Waals surface area (Å²) in [6, 6.07) is 23.2. The van der Waals surface area contributed by atoms with Crippen molar-refractivity contribution in [3.8, 4) is 0 Å². The van der Waals surface area contributed by atoms with Crippen LogP contribution in [-0.2, 0) is 21.5 Å². The molecule has 4 aromatic rings. The lowest BCUT2D eigenvalue weighted by atomic mass is 9.92. The second-order valence-electron chi connectivity index (χ2n) is 10.1. The average molecular weight is 477 g/mol. The van der Waals surface area contributed by atoms with Gasteiger partial charge in [0.1, 0.15) is 0 Å². The highest BCUT2D eigenvalue weighted by Crippen LogP contribution is 2.64. The number of hydrogen-bond donors (Lipinski definition) is 2. The van der Waals surface area contributed by atoms with Crippen LogP contribution in [0.5, 0.6) is 0 Å². The Kier molecular flexibility index (Phi) is 5.04. The van der Waals surface area contributed by atoms with Crippen LogP contribution < -0.4 is 5.32 Å². The van der Waals surface area contributed by atoms with Crippen LogP contribution in [0, 0.1) is 0 Å². The molecule has 2 fully saturated rings. The van der Waals surface area contributed by atoms with Crippen LogP contribution in [0.1, 0.15) is 40.3 Å². The van der Waals surface area contributed by atoms with Gasteiger partial charge in [0.25, 0.3) is 0 Å². The van der Waals surface area contributed by atoms with Gasteiger partial charge in [-0.3, -0.25) is 14.8 Å². The number of para-hydroxylation sites is 1. The Morgan fingerprint density at radius 2 is 1.86 bits per heavy atom. The van der Waals surface area contributed by atoms with Crippen molar-refractivity contribution < 1.29 is 9.53 Å². The number of hydrogen-bond acceptors (Lipinski definition) is 4. The summed E-state index contributed by atoms with van der Waals surface area (Å²) in [4.78, 5) is 15.3. The number of nitrogens with zero attached hydrogens (tertiary/aromatic N) is 2. The van der Waals surface area contributed by atoms with Gasteiger partial charge in [0.15, 0.2) is 0 Å². The standard InChI is InChI=1S/C30H28N4O2/c35-29-30(24-3-1-2-4-27(24)31-29)18-25(30)22-10-11-23-26(32-33-28(23)17-22)12-9-20-5-7-21(8-6-20)19-34-13-15-36-16-14-34/h1-12,17,25H,13-16,18-19H2,(H,31,35)(H,32,33)/b12-9+/t25-,30-/m1/s1. The van der Waals surface area contributed by atoms with Gasteiger partial charge in [0, 0.05) is 36.6 Å². The van der Waals surface area contributed by atoms with Crippen molar-refractivity contribution in [2.24, 2.45) is 0 Å². The predicted octanol–water partition coefficient (Wildman–Crippen LogP) is 4.94. The zero-order valence-electron chi connectivity index (χ0n) is 20.0. The van der Waals surface area contributed by atoms with Crippen molar-refractivity contribution >= 4 is 34.6 Å². The van der Waals surface area contributed by atoms with Gasteiger partial charge in [0.2, 0.25) is 5.91 Å². The quantitative estimate of drug-likeness (QED) is 0.428. The zero-order valence-corrected chi connectivity index (χ0v) is 20.0. The number of carbonyl (C=O) groups excluding carboxylic acids is 1. The molecule has 1 saturated carbocycles. The Bertz CT molecular complexity index is 1480. The Morgan fingerprint density at radius 1 is 1.03 bits per heavy atom. The third-order valence-electron chi connectivity index (χ3n) is 7.96. The SMILES string of the molecule is O=C1Nc2ccccc2[C@@]12C[C@@H]2c1ccc2c(/C=C/c3ccc(CN4CCOCC4)cc3)n[nH]c2c1. The third kappa shape index (κ3) is 3.56. The summed E-state index contributed by atoms with van der Waals surface area (Å²) < 4.78 is 5.44. The van der Waals surface area contributed by atoms with E-state index in [-0.39, 0.29) is 11.8 Å². The second-order valence-corrected chi connectivity index (χ2v) is 10.1. The molecule has 3 aliphatic rings. The minimum atomic E-state index is -0.416. The van der Waals surface area contributed by atoms with E-state index < -0.39 is 5.41 Å². The van der Waals surface area contributed by atoms with Crippen LogP contribution in [0.4, 0.5) is 5.69 Å². The highest BCUT2D eigenvalue weighted by molar-refractivity contribution is 6.09. The smallest absolute Gasteiger partial charge is 0.235 e. The van der Waals surface area contributed by atoms with Crippen molar-refractivity contribution in [1.82, 2.24) is 15.1 Å². The van der Waals surface area contributed by atoms with E-state index in [1.165, 1.54) is 11.1 Å². The summed E-state index contributed by atoms with van der Waals surface area (Å²) in [6.07, 6.45) is 5.02. The fourth-order valence-electron chi connectivity index (χ4n) is 5.88. The number of fused-ring (bicyclic) bond motifs is 3. The maximum absolute atomic E-state index is 12.9. The van der Waals surface area contributed by atoms with Gasteiger partial charge in [-0.15, -0.1) is 0 Å². The molecule has 7 rings (SSSR count). The van der Waals surface area contributed by atoms with E-state index in [9.17, 15) is 4.79 Å². The number of carbonyl (C=O) groups is 1. The molecule has 1 aliphatic carbocycles. The molecule has 1 saturated heterocycles. The minimum Gasteiger partial charge on any atom is -0.379 e. The number of aromatic nitrogens is 2. The van der Waals surface area contributed by atoms with E-state index in [1.54, 1.807) is 0 Å². The highest BCUT2D eigenvalue weighted by Gasteiger charge is 2.65. The molecule has 1 spiro atoms. The van der Waals surface area contributed by atoms with Crippen molar-refractivity contribution in [1.29, 1.82) is 0 Å². The lowest BCUT2D eigenvalue weighted by Gasteiger charge is -2.26. The van der Waals surface area contributed by atoms with E-state index >= 15 is 0 Å². The fraction of sp³-hybridized carbons (Fsp3) is 0.267. The topological polar surface area (TPSA) is 70.2 Å². The molecule has 36 heavy (non-hydrogen) atoms. The van der Waals surface area contributed by atoms with Gasteiger partial charge in [-0.05, 0) is 46.9 Å². The first kappa shape index (κ1) is 21.5. The van der Waals surface area contributed by atoms with Gasteiger partial charge in [-0.1, -0.05) is 60.7 Å². The number of amides is 1. The number of H-pyrrole nitrogens is 1. The normalized spacial score (nSPS) is 23.4. The highest BCUT2D eigenvalue weighted by atomic mass is 16.5. The molecule has 6 heteroatoms. The molecular formula is C30H28N4O2. The average Bonchev–Trinajstić information content (AvgIpc) is 3.45. The molecule has 0 radical (unpaired) electrons. The van der Waals surface area contributed by atoms with Crippen LogP contribution in [0.25, 0.3) is 23.1 Å². The molecule has 2 aliphatic heterocycles. The summed E-state index contributed by atoms with van der Waals surface area (Å²) in [5, 5.41) is 11.9. The molecule has 3 heterocycles. The second kappa shape index (κ2) is 8.43. The van der Waals surface area contributed by atoms with Gasteiger partial charge < -0.3 is 10.1 Å². The summed E-state index contributed by atoms with van der Waals surface area (Å²) in [7, 11) is 0. The largest absolute Gasteiger partial charge is 0.379 e. The number of benzene rings is 3. The van der Waals surface area contributed by atoms with Crippen molar-refractivity contribution in [3.63, 3.8) is 0 Å². The number of nitrogens with one attached hydrogen (secondary N) is 2. The molecular weight excluding hydrogens is 448 g/mol. The Morgan fingerprint density at radius 3 is 2.72 bits per heavy atom. The van der Waals surface area contributed by atoms with Crippen LogP contribution in [0.2, 0.25) is 0 Å². The summed E-state index contributed by atoms with van der Waals surface area (Å²) in [6.45, 7) is 4.61. The molecule has 2 atom stereocenters. The van der Waals surface area contributed by atoms with Crippen LogP contribution in [0.3, 0.4) is 0 Å². The van der Waals surface area contributed by atoms with Crippen molar-refractivity contribution in [3.05, 3.63) is 94.7 Å². The van der Waals surface area contributed by atoms with E-state index in [2.05, 4.69) is 81.1 Å². The molecule has 2 N–H and O–H groups in total. The molecule has 3 aromatic carbocycles. The van der Waals surface area contributed by atoms with Crippen molar-refractivity contribution in [2.45, 2.75) is 24.3 Å². The number of ether oxygens (including phenoxy) is 1. The van der Waals surface area contributed by atoms with Gasteiger partial charge in [0.05, 0.1) is 29.8 Å². The maximum atomic E-state index is 12.9. The first-order chi connectivity index (χ1) is 17.7. The number of rotatable bonds is 5. The summed E-state index contributed by atoms with van der Waals surface area (Å²) in [5.74, 6) is 0.321. The Labute approximate surface area is 210 Å². The maximum Gasteiger partial charge on any atom is 0.235 e. The lowest BCUT2D eigenvalue weighted by Crippen LogP contribution is -2.35. The third-order valence-corrected chi connectivity index (χ3v) is 7.96. The van der Waals surface area contributed by atoms with E-state index in [0.29, 0.717) is 0 Å². The number of aromatic amines is 1. The Balaban J connectivity index is 1.08. The number of anilines is 1. The lowest BCUT2D eigenvalue weighted by molar-refractivity contribution is -0.118. The van der Waals surface area contributed by atoms with Crippen molar-refractivity contribution in [2.75, 3.05) is 31.6 Å². The van der Waals surface area contributed by atoms with E-state index in [1.807, 2.05) is 18.2 Å². The minimum absolute atomic E-state index is 0.123. The fourth-order valence-corrected chi connectivity index (χ4v) is 5.88.